The van der Waals surface area contributed by atoms with Crippen molar-refractivity contribution in [1.82, 2.24) is 10.1 Å². The third kappa shape index (κ3) is 3.55. The average molecular weight is 229 g/mol. The van der Waals surface area contributed by atoms with Gasteiger partial charge in [-0.2, -0.15) is 4.98 Å². The van der Waals surface area contributed by atoms with Gasteiger partial charge in [-0.3, -0.25) is 0 Å². The number of hydrogen-bond acceptors (Lipinski definition) is 6. The van der Waals surface area contributed by atoms with Crippen LogP contribution in [0.5, 0.6) is 0 Å². The minimum absolute atomic E-state index is 0.345. The molecule has 6 nitrogen and oxygen atoms in total. The van der Waals surface area contributed by atoms with Gasteiger partial charge in [-0.15, -0.1) is 0 Å². The molecule has 0 aliphatic carbocycles. The predicted molar refractivity (Wildman–Crippen MR) is 57.9 cm³/mol. The Morgan fingerprint density at radius 1 is 1.50 bits per heavy atom. The number of nitrogens with zero attached hydrogens (tertiary/aromatic N) is 2. The molecule has 0 saturated heterocycles. The molecular formula is C10H19N3O3. The van der Waals surface area contributed by atoms with Crippen molar-refractivity contribution in [1.29, 1.82) is 0 Å². The van der Waals surface area contributed by atoms with Crippen molar-refractivity contribution in [2.24, 2.45) is 5.73 Å². The van der Waals surface area contributed by atoms with Gasteiger partial charge in [-0.25, -0.2) is 0 Å². The van der Waals surface area contributed by atoms with Gasteiger partial charge in [0.25, 0.3) is 0 Å². The molecule has 0 bridgehead atoms. The summed E-state index contributed by atoms with van der Waals surface area (Å²) in [6, 6.07) is 0. The number of ether oxygens (including phenoxy) is 2. The van der Waals surface area contributed by atoms with Gasteiger partial charge in [-0.05, 0) is 13.8 Å². The minimum atomic E-state index is -0.720. The minimum Gasteiger partial charge on any atom is -0.382 e. The predicted octanol–water partition coefficient (Wildman–Crippen LogP) is 0.469. The Morgan fingerprint density at radius 2 is 2.25 bits per heavy atom. The van der Waals surface area contributed by atoms with Gasteiger partial charge in [0, 0.05) is 13.7 Å². The molecule has 1 heterocycles. The van der Waals surface area contributed by atoms with E-state index in [1.165, 1.54) is 0 Å². The van der Waals surface area contributed by atoms with E-state index in [9.17, 15) is 0 Å². The summed E-state index contributed by atoms with van der Waals surface area (Å²) in [7, 11) is 1.58. The van der Waals surface area contributed by atoms with Gasteiger partial charge in [0.15, 0.2) is 5.82 Å². The van der Waals surface area contributed by atoms with Crippen molar-refractivity contribution >= 4 is 0 Å². The van der Waals surface area contributed by atoms with E-state index in [0.29, 0.717) is 38.0 Å². The van der Waals surface area contributed by atoms with E-state index in [-0.39, 0.29) is 0 Å². The summed E-state index contributed by atoms with van der Waals surface area (Å²) in [4.78, 5) is 4.21. The van der Waals surface area contributed by atoms with Gasteiger partial charge in [0.2, 0.25) is 5.89 Å². The molecule has 0 amide bonds. The molecule has 0 saturated carbocycles. The zero-order valence-corrected chi connectivity index (χ0v) is 10.0. The molecular weight excluding hydrogens is 210 g/mol. The highest BCUT2D eigenvalue weighted by Crippen LogP contribution is 2.14. The molecule has 1 atom stereocenters. The van der Waals surface area contributed by atoms with Crippen LogP contribution < -0.4 is 5.73 Å². The molecule has 0 aliphatic rings. The molecule has 2 N–H and O–H groups in total. The molecule has 1 unspecified atom stereocenters. The number of nitrogens with two attached hydrogens (primary N) is 1. The molecule has 0 aromatic carbocycles. The van der Waals surface area contributed by atoms with E-state index >= 15 is 0 Å². The first-order chi connectivity index (χ1) is 7.60. The summed E-state index contributed by atoms with van der Waals surface area (Å²) in [5.74, 6) is 0.997. The van der Waals surface area contributed by atoms with E-state index in [1.54, 1.807) is 14.0 Å². The maximum Gasteiger partial charge on any atom is 0.229 e. The molecule has 6 heteroatoms. The summed E-state index contributed by atoms with van der Waals surface area (Å²) in [6.45, 7) is 5.34. The Morgan fingerprint density at radius 3 is 2.88 bits per heavy atom. The van der Waals surface area contributed by atoms with Crippen LogP contribution in [-0.2, 0) is 21.4 Å². The number of aromatic nitrogens is 2. The maximum atomic E-state index is 5.98. The van der Waals surface area contributed by atoms with Crippen molar-refractivity contribution < 1.29 is 14.0 Å². The highest BCUT2D eigenvalue weighted by Gasteiger charge is 2.27. The normalized spacial score (nSPS) is 15.0. The zero-order valence-electron chi connectivity index (χ0n) is 10.0. The first kappa shape index (κ1) is 13.1. The summed E-state index contributed by atoms with van der Waals surface area (Å²) >= 11 is 0. The molecule has 0 aliphatic heterocycles. The smallest absolute Gasteiger partial charge is 0.229 e. The van der Waals surface area contributed by atoms with Crippen LogP contribution in [0.15, 0.2) is 4.52 Å². The maximum absolute atomic E-state index is 5.98. The third-order valence-corrected chi connectivity index (χ3v) is 2.09. The molecule has 16 heavy (non-hydrogen) atoms. The molecule has 0 spiro atoms. The number of hydrogen-bond donors (Lipinski definition) is 1. The lowest BCUT2D eigenvalue weighted by Crippen LogP contribution is -2.39. The van der Waals surface area contributed by atoms with Gasteiger partial charge >= 0.3 is 0 Å². The Balaban J connectivity index is 2.56. The van der Waals surface area contributed by atoms with E-state index < -0.39 is 5.54 Å². The first-order valence-electron chi connectivity index (χ1n) is 5.28. The Bertz CT molecular complexity index is 312. The van der Waals surface area contributed by atoms with Crippen LogP contribution in [0.3, 0.4) is 0 Å². The largest absolute Gasteiger partial charge is 0.382 e. The van der Waals surface area contributed by atoms with Crippen LogP contribution >= 0.6 is 0 Å². The first-order valence-corrected chi connectivity index (χ1v) is 5.28. The Labute approximate surface area is 95.1 Å². The Hall–Kier alpha value is -0.980. The van der Waals surface area contributed by atoms with Crippen LogP contribution in [0.2, 0.25) is 0 Å². The average Bonchev–Trinajstić information content (AvgIpc) is 2.67. The lowest BCUT2D eigenvalue weighted by molar-refractivity contribution is 0.134. The third-order valence-electron chi connectivity index (χ3n) is 2.09. The van der Waals surface area contributed by atoms with Crippen molar-refractivity contribution in [3.05, 3.63) is 11.7 Å². The number of methoxy groups -OCH3 is 1. The second kappa shape index (κ2) is 5.93. The summed E-state index contributed by atoms with van der Waals surface area (Å²) in [5, 5.41) is 3.84. The topological polar surface area (TPSA) is 83.4 Å². The van der Waals surface area contributed by atoms with Crippen LogP contribution in [0, 0.1) is 0 Å². The molecule has 1 aromatic heterocycles. The van der Waals surface area contributed by atoms with Crippen LogP contribution in [-0.4, -0.2) is 37.1 Å². The van der Waals surface area contributed by atoms with E-state index in [4.69, 9.17) is 19.7 Å². The monoisotopic (exact) mass is 229 g/mol. The summed E-state index contributed by atoms with van der Waals surface area (Å²) < 4.78 is 15.3. The standard InChI is InChI=1S/C10H19N3O3/c1-4-15-6-5-8-12-9(13-16-8)10(2,11)7-14-3/h4-7,11H2,1-3H3. The lowest BCUT2D eigenvalue weighted by atomic mass is 10.1. The van der Waals surface area contributed by atoms with Crippen LogP contribution in [0.4, 0.5) is 0 Å². The van der Waals surface area contributed by atoms with E-state index in [1.807, 2.05) is 6.92 Å². The summed E-state index contributed by atoms with van der Waals surface area (Å²) in [6.07, 6.45) is 0.601. The van der Waals surface area contributed by atoms with Crippen molar-refractivity contribution in [2.45, 2.75) is 25.8 Å². The molecule has 1 rings (SSSR count). The fourth-order valence-electron chi connectivity index (χ4n) is 1.26. The van der Waals surface area contributed by atoms with Gasteiger partial charge in [0.1, 0.15) is 5.54 Å². The van der Waals surface area contributed by atoms with E-state index in [2.05, 4.69) is 10.1 Å². The lowest BCUT2D eigenvalue weighted by Gasteiger charge is -2.18. The van der Waals surface area contributed by atoms with Crippen molar-refractivity contribution in [2.75, 3.05) is 26.9 Å². The summed E-state index contributed by atoms with van der Waals surface area (Å²) in [5.41, 5.74) is 5.26. The molecule has 0 radical (unpaired) electrons. The van der Waals surface area contributed by atoms with Gasteiger partial charge in [-0.1, -0.05) is 5.16 Å². The molecule has 1 aromatic rings. The van der Waals surface area contributed by atoms with Crippen molar-refractivity contribution in [3.63, 3.8) is 0 Å². The molecule has 0 fully saturated rings. The zero-order chi connectivity index (χ0) is 12.0. The fraction of sp³-hybridized carbons (Fsp3) is 0.800. The Kier molecular flexibility index (Phi) is 4.85. The fourth-order valence-corrected chi connectivity index (χ4v) is 1.26. The van der Waals surface area contributed by atoms with Gasteiger partial charge < -0.3 is 19.7 Å². The second-order valence-electron chi connectivity index (χ2n) is 3.81. The van der Waals surface area contributed by atoms with Crippen LogP contribution in [0.25, 0.3) is 0 Å². The highest BCUT2D eigenvalue weighted by atomic mass is 16.5. The molecule has 92 valence electrons. The van der Waals surface area contributed by atoms with E-state index in [0.717, 1.165) is 0 Å². The quantitative estimate of drug-likeness (QED) is 0.684. The van der Waals surface area contributed by atoms with Crippen molar-refractivity contribution in [3.8, 4) is 0 Å². The SMILES string of the molecule is CCOCCc1nc(C(C)(N)COC)no1. The van der Waals surface area contributed by atoms with Crippen LogP contribution in [0.1, 0.15) is 25.6 Å². The highest BCUT2D eigenvalue weighted by molar-refractivity contribution is 5.01. The van der Waals surface area contributed by atoms with Gasteiger partial charge in [0.05, 0.1) is 19.6 Å². The number of rotatable bonds is 7. The second-order valence-corrected chi connectivity index (χ2v) is 3.81.